The first-order valence-electron chi connectivity index (χ1n) is 12.2. The molecule has 3 rings (SSSR count). The van der Waals surface area contributed by atoms with Crippen LogP contribution >= 0.6 is 0 Å². The van der Waals surface area contributed by atoms with Gasteiger partial charge in [0, 0.05) is 25.5 Å². The maximum Gasteiger partial charge on any atom is 0.407 e. The molecule has 0 fully saturated rings. The average molecular weight is 497 g/mol. The summed E-state index contributed by atoms with van der Waals surface area (Å²) < 4.78 is 13.3. The Morgan fingerprint density at radius 2 is 1.89 bits per heavy atom. The molecule has 4 N–H and O–H groups in total. The van der Waals surface area contributed by atoms with Crippen molar-refractivity contribution < 1.29 is 24.2 Å². The number of nitrogens with one attached hydrogen (secondary N) is 1. The Hall–Kier alpha value is -3.27. The van der Waals surface area contributed by atoms with Gasteiger partial charge in [-0.3, -0.25) is 9.20 Å². The molecule has 2 heterocycles. The number of aliphatic hydroxyl groups is 1. The molecular formula is C27H36N4O5. The number of imidazole rings is 1. The molecule has 0 saturated carbocycles. The number of hydrogen-bond acceptors (Lipinski definition) is 7. The van der Waals surface area contributed by atoms with Gasteiger partial charge in [0.1, 0.15) is 12.4 Å². The molecule has 36 heavy (non-hydrogen) atoms. The summed E-state index contributed by atoms with van der Waals surface area (Å²) in [5.41, 5.74) is 7.68. The van der Waals surface area contributed by atoms with Crippen LogP contribution in [0.1, 0.15) is 56.1 Å². The summed E-state index contributed by atoms with van der Waals surface area (Å²) in [6.07, 6.45) is 2.65. The van der Waals surface area contributed by atoms with Crippen LogP contribution in [-0.2, 0) is 27.5 Å². The van der Waals surface area contributed by atoms with E-state index in [0.717, 1.165) is 16.8 Å². The topological polar surface area (TPSA) is 128 Å². The molecule has 0 radical (unpaired) electrons. The largest absolute Gasteiger partial charge is 0.443 e. The monoisotopic (exact) mass is 496 g/mol. The smallest absolute Gasteiger partial charge is 0.407 e. The Kier molecular flexibility index (Phi) is 9.98. The number of nitrogens with zero attached hydrogens (tertiary/aromatic N) is 2. The van der Waals surface area contributed by atoms with E-state index in [9.17, 15) is 9.59 Å². The number of fused-ring (bicyclic) bond motifs is 1. The van der Waals surface area contributed by atoms with Crippen molar-refractivity contribution >= 4 is 17.4 Å². The fourth-order valence-corrected chi connectivity index (χ4v) is 3.77. The fraction of sp³-hybridized carbons (Fsp3) is 0.444. The molecule has 1 amide bonds. The number of hydrogen-bond donors (Lipinski definition) is 3. The standard InChI is InChI=1S/C27H36N4O5/c1-27(2,28)24(33)15-21(18-35-17-20-9-4-3-5-10-20)25-30-16-22-11-8-12-23(31(22)25)19-36-26(34)29-13-6-7-14-32/h3-5,8-12,16,21,32H,6-7,13-15,17-19,28H2,1-2H3,(H,29,34). The first-order valence-corrected chi connectivity index (χ1v) is 12.2. The Balaban J connectivity index is 1.78. The lowest BCUT2D eigenvalue weighted by molar-refractivity contribution is -0.123. The third-order valence-electron chi connectivity index (χ3n) is 5.81. The number of alkyl carbamates (subject to hydrolysis) is 1. The second-order valence-corrected chi connectivity index (χ2v) is 9.37. The third kappa shape index (κ3) is 7.87. The Labute approximate surface area is 211 Å². The minimum Gasteiger partial charge on any atom is -0.443 e. The van der Waals surface area contributed by atoms with Crippen molar-refractivity contribution in [2.24, 2.45) is 5.73 Å². The first-order chi connectivity index (χ1) is 17.3. The Morgan fingerprint density at radius 3 is 2.61 bits per heavy atom. The number of ether oxygens (including phenoxy) is 2. The number of nitrogens with two attached hydrogens (primary N) is 1. The number of unbranched alkanes of at least 4 members (excludes halogenated alkanes) is 1. The highest BCUT2D eigenvalue weighted by molar-refractivity contribution is 5.87. The number of amides is 1. The molecule has 9 heteroatoms. The fourth-order valence-electron chi connectivity index (χ4n) is 3.77. The van der Waals surface area contributed by atoms with E-state index in [-0.39, 0.29) is 37.9 Å². The van der Waals surface area contributed by atoms with Crippen LogP contribution in [0, 0.1) is 0 Å². The molecule has 1 aromatic carbocycles. The zero-order valence-electron chi connectivity index (χ0n) is 21.0. The summed E-state index contributed by atoms with van der Waals surface area (Å²) in [7, 11) is 0. The van der Waals surface area contributed by atoms with Crippen LogP contribution in [0.4, 0.5) is 4.79 Å². The van der Waals surface area contributed by atoms with E-state index in [1.165, 1.54) is 0 Å². The molecule has 194 valence electrons. The van der Waals surface area contributed by atoms with Crippen molar-refractivity contribution in [3.8, 4) is 0 Å². The van der Waals surface area contributed by atoms with Crippen LogP contribution in [0.15, 0.2) is 54.7 Å². The lowest BCUT2D eigenvalue weighted by atomic mass is 9.91. The highest BCUT2D eigenvalue weighted by Gasteiger charge is 2.29. The first kappa shape index (κ1) is 27.3. The van der Waals surface area contributed by atoms with Gasteiger partial charge in [-0.05, 0) is 44.4 Å². The molecule has 0 saturated heterocycles. The minimum absolute atomic E-state index is 0.0282. The number of pyridine rings is 1. The van der Waals surface area contributed by atoms with Crippen LogP contribution < -0.4 is 11.1 Å². The number of aromatic nitrogens is 2. The second kappa shape index (κ2) is 13.2. The lowest BCUT2D eigenvalue weighted by Crippen LogP contribution is -2.42. The van der Waals surface area contributed by atoms with Crippen LogP contribution in [0.25, 0.3) is 5.52 Å². The summed E-state index contributed by atoms with van der Waals surface area (Å²) in [6.45, 7) is 4.61. The van der Waals surface area contributed by atoms with Gasteiger partial charge in [0.15, 0.2) is 5.78 Å². The van der Waals surface area contributed by atoms with Gasteiger partial charge in [-0.2, -0.15) is 0 Å². The van der Waals surface area contributed by atoms with Crippen molar-refractivity contribution in [1.29, 1.82) is 0 Å². The van der Waals surface area contributed by atoms with E-state index in [1.54, 1.807) is 20.0 Å². The van der Waals surface area contributed by atoms with Crippen molar-refractivity contribution in [2.75, 3.05) is 19.8 Å². The molecule has 0 aliphatic carbocycles. The second-order valence-electron chi connectivity index (χ2n) is 9.37. The van der Waals surface area contributed by atoms with Crippen molar-refractivity contribution in [2.45, 2.75) is 57.8 Å². The average Bonchev–Trinajstić information content (AvgIpc) is 3.29. The minimum atomic E-state index is -0.981. The van der Waals surface area contributed by atoms with Crippen molar-refractivity contribution in [1.82, 2.24) is 14.7 Å². The predicted octanol–water partition coefficient (Wildman–Crippen LogP) is 3.33. The van der Waals surface area contributed by atoms with E-state index < -0.39 is 11.6 Å². The van der Waals surface area contributed by atoms with E-state index in [4.69, 9.17) is 20.3 Å². The lowest BCUT2D eigenvalue weighted by Gasteiger charge is -2.22. The maximum atomic E-state index is 12.9. The zero-order valence-corrected chi connectivity index (χ0v) is 21.0. The van der Waals surface area contributed by atoms with Gasteiger partial charge >= 0.3 is 6.09 Å². The number of carbonyl (C=O) groups excluding carboxylic acids is 2. The number of carbonyl (C=O) groups is 2. The van der Waals surface area contributed by atoms with E-state index in [0.29, 0.717) is 31.8 Å². The number of benzene rings is 1. The Bertz CT molecular complexity index is 1120. The zero-order chi connectivity index (χ0) is 26.0. The molecule has 0 spiro atoms. The molecule has 0 aliphatic heterocycles. The normalized spacial score (nSPS) is 12.4. The quantitative estimate of drug-likeness (QED) is 0.292. The van der Waals surface area contributed by atoms with Gasteiger partial charge in [-0.25, -0.2) is 9.78 Å². The Morgan fingerprint density at radius 1 is 1.11 bits per heavy atom. The molecule has 1 atom stereocenters. The molecule has 0 aliphatic rings. The van der Waals surface area contributed by atoms with Crippen LogP contribution in [-0.4, -0.2) is 51.7 Å². The molecule has 9 nitrogen and oxygen atoms in total. The summed E-state index contributed by atoms with van der Waals surface area (Å²) >= 11 is 0. The van der Waals surface area contributed by atoms with E-state index in [2.05, 4.69) is 10.3 Å². The van der Waals surface area contributed by atoms with Crippen LogP contribution in [0.3, 0.4) is 0 Å². The summed E-state index contributed by atoms with van der Waals surface area (Å²) in [5.74, 6) is 0.210. The van der Waals surface area contributed by atoms with Crippen LogP contribution in [0.5, 0.6) is 0 Å². The SMILES string of the molecule is CC(C)(N)C(=O)CC(COCc1ccccc1)c1ncc2cccc(COC(=O)NCCCCO)n12. The highest BCUT2D eigenvalue weighted by atomic mass is 16.5. The molecule has 2 aromatic heterocycles. The van der Waals surface area contributed by atoms with Crippen molar-refractivity contribution in [3.05, 3.63) is 71.8 Å². The van der Waals surface area contributed by atoms with E-state index >= 15 is 0 Å². The molecular weight excluding hydrogens is 460 g/mol. The van der Waals surface area contributed by atoms with Crippen LogP contribution in [0.2, 0.25) is 0 Å². The number of aliphatic hydroxyl groups excluding tert-OH is 1. The van der Waals surface area contributed by atoms with Gasteiger partial charge in [0.25, 0.3) is 0 Å². The predicted molar refractivity (Wildman–Crippen MR) is 136 cm³/mol. The number of ketones is 1. The molecule has 0 bridgehead atoms. The van der Waals surface area contributed by atoms with Gasteiger partial charge in [0.05, 0.1) is 36.2 Å². The molecule has 1 unspecified atom stereocenters. The van der Waals surface area contributed by atoms with Crippen molar-refractivity contribution in [3.63, 3.8) is 0 Å². The van der Waals surface area contributed by atoms with Gasteiger partial charge in [-0.15, -0.1) is 0 Å². The van der Waals surface area contributed by atoms with Gasteiger partial charge in [-0.1, -0.05) is 36.4 Å². The summed E-state index contributed by atoms with van der Waals surface area (Å²) in [4.78, 5) is 29.6. The van der Waals surface area contributed by atoms with E-state index in [1.807, 2.05) is 52.9 Å². The third-order valence-corrected chi connectivity index (χ3v) is 5.81. The van der Waals surface area contributed by atoms with Gasteiger partial charge < -0.3 is 25.6 Å². The summed E-state index contributed by atoms with van der Waals surface area (Å²) in [5, 5.41) is 11.5. The highest BCUT2D eigenvalue weighted by Crippen LogP contribution is 2.25. The summed E-state index contributed by atoms with van der Waals surface area (Å²) in [6, 6.07) is 15.5. The van der Waals surface area contributed by atoms with Gasteiger partial charge in [0.2, 0.25) is 0 Å². The number of Topliss-reactive ketones (excluding diaryl/α,β-unsaturated/α-hetero) is 1. The maximum absolute atomic E-state index is 12.9. The number of rotatable bonds is 14. The molecule has 3 aromatic rings.